The Morgan fingerprint density at radius 2 is 2.00 bits per heavy atom. The van der Waals surface area contributed by atoms with Crippen molar-refractivity contribution in [1.29, 1.82) is 0 Å². The molecule has 0 aliphatic carbocycles. The first-order valence-corrected chi connectivity index (χ1v) is 6.99. The molecule has 0 saturated heterocycles. The highest BCUT2D eigenvalue weighted by Gasteiger charge is 2.28. The Bertz CT molecular complexity index is 406. The first-order chi connectivity index (χ1) is 8.39. The van der Waals surface area contributed by atoms with Crippen LogP contribution in [-0.2, 0) is 6.42 Å². The molecule has 0 bridgehead atoms. The minimum Gasteiger partial charge on any atom is -0.367 e. The molecule has 18 heavy (non-hydrogen) atoms. The molecule has 0 aromatic heterocycles. The molecule has 2 heteroatoms. The number of para-hydroxylation sites is 1. The van der Waals surface area contributed by atoms with E-state index in [2.05, 4.69) is 56.9 Å². The predicted octanol–water partition coefficient (Wildman–Crippen LogP) is 3.20. The van der Waals surface area contributed by atoms with Crippen LogP contribution in [0.15, 0.2) is 24.3 Å². The summed E-state index contributed by atoms with van der Waals surface area (Å²) in [6, 6.07) is 9.54. The molecule has 1 aliphatic heterocycles. The van der Waals surface area contributed by atoms with E-state index >= 15 is 0 Å². The van der Waals surface area contributed by atoms with E-state index in [-0.39, 0.29) is 11.5 Å². The lowest BCUT2D eigenvalue weighted by atomic mass is 9.86. The van der Waals surface area contributed by atoms with Crippen LogP contribution in [0.25, 0.3) is 0 Å². The summed E-state index contributed by atoms with van der Waals surface area (Å²) in [5.74, 6) is 0. The number of nitrogens with zero attached hydrogens (tertiary/aromatic N) is 1. The van der Waals surface area contributed by atoms with Crippen molar-refractivity contribution in [1.82, 2.24) is 0 Å². The third-order valence-electron chi connectivity index (χ3n) is 4.17. The van der Waals surface area contributed by atoms with Crippen LogP contribution in [0.5, 0.6) is 0 Å². The number of benzene rings is 1. The van der Waals surface area contributed by atoms with Crippen molar-refractivity contribution in [3.63, 3.8) is 0 Å². The molecule has 1 aliphatic rings. The molecule has 1 heterocycles. The van der Waals surface area contributed by atoms with Crippen molar-refractivity contribution >= 4 is 5.69 Å². The first kappa shape index (κ1) is 13.4. The summed E-state index contributed by atoms with van der Waals surface area (Å²) in [5, 5.41) is 0. The zero-order valence-corrected chi connectivity index (χ0v) is 12.1. The lowest BCUT2D eigenvalue weighted by Gasteiger charge is -2.41. The second-order valence-electron chi connectivity index (χ2n) is 6.64. The van der Waals surface area contributed by atoms with E-state index in [1.54, 1.807) is 0 Å². The van der Waals surface area contributed by atoms with E-state index in [9.17, 15) is 0 Å². The average Bonchev–Trinajstić information content (AvgIpc) is 2.31. The summed E-state index contributed by atoms with van der Waals surface area (Å²) >= 11 is 0. The van der Waals surface area contributed by atoms with Gasteiger partial charge >= 0.3 is 0 Å². The van der Waals surface area contributed by atoms with Gasteiger partial charge in [0, 0.05) is 24.3 Å². The summed E-state index contributed by atoms with van der Waals surface area (Å²) in [6.45, 7) is 9.92. The molecule has 0 amide bonds. The van der Waals surface area contributed by atoms with Crippen molar-refractivity contribution in [2.75, 3.05) is 11.4 Å². The Hall–Kier alpha value is -1.02. The minimum absolute atomic E-state index is 0.159. The van der Waals surface area contributed by atoms with Gasteiger partial charge in [0.25, 0.3) is 0 Å². The van der Waals surface area contributed by atoms with Crippen molar-refractivity contribution in [2.45, 2.75) is 52.6 Å². The van der Waals surface area contributed by atoms with Crippen LogP contribution in [0.2, 0.25) is 0 Å². The fourth-order valence-corrected chi connectivity index (χ4v) is 2.52. The Balaban J connectivity index is 2.22. The van der Waals surface area contributed by atoms with Gasteiger partial charge in [-0.05, 0) is 36.8 Å². The van der Waals surface area contributed by atoms with Gasteiger partial charge < -0.3 is 10.6 Å². The van der Waals surface area contributed by atoms with Crippen LogP contribution in [0.3, 0.4) is 0 Å². The number of hydrogen-bond donors (Lipinski definition) is 1. The average molecular weight is 246 g/mol. The molecule has 2 rings (SSSR count). The molecule has 2 nitrogen and oxygen atoms in total. The molecule has 1 unspecified atom stereocenters. The van der Waals surface area contributed by atoms with Gasteiger partial charge in [-0.15, -0.1) is 0 Å². The quantitative estimate of drug-likeness (QED) is 0.868. The highest BCUT2D eigenvalue weighted by atomic mass is 15.2. The van der Waals surface area contributed by atoms with Gasteiger partial charge in [-0.25, -0.2) is 0 Å². The lowest BCUT2D eigenvalue weighted by Crippen LogP contribution is -2.49. The van der Waals surface area contributed by atoms with Crippen LogP contribution in [0.4, 0.5) is 5.69 Å². The molecule has 0 spiro atoms. The van der Waals surface area contributed by atoms with E-state index in [4.69, 9.17) is 5.73 Å². The molecular weight excluding hydrogens is 220 g/mol. The largest absolute Gasteiger partial charge is 0.367 e. The fraction of sp³-hybridized carbons (Fsp3) is 0.625. The monoisotopic (exact) mass is 246 g/mol. The van der Waals surface area contributed by atoms with Crippen LogP contribution in [0.1, 0.15) is 39.7 Å². The van der Waals surface area contributed by atoms with Gasteiger partial charge in [0.2, 0.25) is 0 Å². The van der Waals surface area contributed by atoms with Crippen LogP contribution < -0.4 is 10.6 Å². The van der Waals surface area contributed by atoms with E-state index in [1.165, 1.54) is 24.1 Å². The van der Waals surface area contributed by atoms with E-state index in [0.717, 1.165) is 6.54 Å². The van der Waals surface area contributed by atoms with Gasteiger partial charge in [-0.2, -0.15) is 0 Å². The van der Waals surface area contributed by atoms with E-state index in [0.29, 0.717) is 6.04 Å². The van der Waals surface area contributed by atoms with Crippen LogP contribution in [-0.4, -0.2) is 18.6 Å². The van der Waals surface area contributed by atoms with E-state index < -0.39 is 0 Å². The van der Waals surface area contributed by atoms with Gasteiger partial charge in [-0.3, -0.25) is 0 Å². The van der Waals surface area contributed by atoms with E-state index in [1.807, 2.05) is 0 Å². The van der Waals surface area contributed by atoms with Crippen molar-refractivity contribution in [2.24, 2.45) is 11.1 Å². The number of aryl methyl sites for hydroxylation is 1. The summed E-state index contributed by atoms with van der Waals surface area (Å²) in [6.07, 6.45) is 2.42. The molecule has 1 aromatic carbocycles. The molecule has 0 radical (unpaired) electrons. The van der Waals surface area contributed by atoms with Crippen molar-refractivity contribution in [3.05, 3.63) is 29.8 Å². The summed E-state index contributed by atoms with van der Waals surface area (Å²) < 4.78 is 0. The predicted molar refractivity (Wildman–Crippen MR) is 79.0 cm³/mol. The Morgan fingerprint density at radius 3 is 2.67 bits per heavy atom. The number of nitrogens with two attached hydrogens (primary N) is 1. The zero-order chi connectivity index (χ0) is 13.3. The van der Waals surface area contributed by atoms with Crippen LogP contribution in [0, 0.1) is 5.41 Å². The first-order valence-electron chi connectivity index (χ1n) is 6.99. The molecule has 1 aromatic rings. The van der Waals surface area contributed by atoms with Crippen LogP contribution >= 0.6 is 0 Å². The standard InChI is InChI=1S/C16H26N2/c1-12-9-10-13-7-5-6-8-14(13)18(12)11-15(17)16(2,3)4/h5-8,12,15H,9-11,17H2,1-4H3/t12?,15-/m0/s1. The number of rotatable bonds is 2. The third-order valence-corrected chi connectivity index (χ3v) is 4.17. The number of fused-ring (bicyclic) bond motifs is 1. The second kappa shape index (κ2) is 4.93. The Labute approximate surface area is 111 Å². The molecule has 100 valence electrons. The smallest absolute Gasteiger partial charge is 0.0401 e. The minimum atomic E-state index is 0.159. The second-order valence-corrected chi connectivity index (χ2v) is 6.64. The molecule has 2 atom stereocenters. The maximum Gasteiger partial charge on any atom is 0.0401 e. The van der Waals surface area contributed by atoms with Gasteiger partial charge in [0.05, 0.1) is 0 Å². The normalized spacial score (nSPS) is 21.6. The lowest BCUT2D eigenvalue weighted by molar-refractivity contribution is 0.313. The SMILES string of the molecule is CC1CCc2ccccc2N1C[C@H](N)C(C)(C)C. The fourth-order valence-electron chi connectivity index (χ4n) is 2.52. The molecule has 0 saturated carbocycles. The van der Waals surface area contributed by atoms with Gasteiger partial charge in [0.1, 0.15) is 0 Å². The Morgan fingerprint density at radius 1 is 1.33 bits per heavy atom. The number of anilines is 1. The third kappa shape index (κ3) is 2.69. The Kier molecular flexibility index (Phi) is 3.67. The summed E-state index contributed by atoms with van der Waals surface area (Å²) in [5.41, 5.74) is 9.37. The van der Waals surface area contributed by atoms with Gasteiger partial charge in [-0.1, -0.05) is 39.0 Å². The molecule has 2 N–H and O–H groups in total. The maximum absolute atomic E-state index is 6.36. The summed E-state index contributed by atoms with van der Waals surface area (Å²) in [7, 11) is 0. The topological polar surface area (TPSA) is 29.3 Å². The van der Waals surface area contributed by atoms with Gasteiger partial charge in [0.15, 0.2) is 0 Å². The molecular formula is C16H26N2. The highest BCUT2D eigenvalue weighted by molar-refractivity contribution is 5.56. The summed E-state index contributed by atoms with van der Waals surface area (Å²) in [4.78, 5) is 2.49. The number of hydrogen-bond acceptors (Lipinski definition) is 2. The highest BCUT2D eigenvalue weighted by Crippen LogP contribution is 2.31. The van der Waals surface area contributed by atoms with Crippen molar-refractivity contribution < 1.29 is 0 Å². The molecule has 0 fully saturated rings. The maximum atomic E-state index is 6.36. The zero-order valence-electron chi connectivity index (χ0n) is 12.1. The van der Waals surface area contributed by atoms with Crippen molar-refractivity contribution in [3.8, 4) is 0 Å².